The molecular weight excluding hydrogens is 428 g/mol. The second-order valence-electron chi connectivity index (χ2n) is 11.8. The number of nitrogens with zero attached hydrogens (tertiary/aromatic N) is 3. The minimum atomic E-state index is -0.779. The number of carboxylic acids is 1. The van der Waals surface area contributed by atoms with Crippen molar-refractivity contribution < 1.29 is 14.7 Å². The molecule has 0 spiro atoms. The molecule has 0 aromatic carbocycles. The number of carbonyl (C=O) groups is 2. The second-order valence-corrected chi connectivity index (χ2v) is 11.8. The van der Waals surface area contributed by atoms with Crippen LogP contribution in [0.4, 0.5) is 0 Å². The third kappa shape index (κ3) is 5.05. The Balaban J connectivity index is 1.16. The van der Waals surface area contributed by atoms with Gasteiger partial charge in [-0.3, -0.25) is 19.2 Å². The van der Waals surface area contributed by atoms with Crippen LogP contribution in [0.25, 0.3) is 0 Å². The van der Waals surface area contributed by atoms with Gasteiger partial charge in [0.05, 0.1) is 12.1 Å². The molecule has 5 aliphatic rings. The van der Waals surface area contributed by atoms with Crippen LogP contribution in [0.1, 0.15) is 107 Å². The maximum absolute atomic E-state index is 12.8. The summed E-state index contributed by atoms with van der Waals surface area (Å²) in [5.74, 6) is 1.08. The quantitative estimate of drug-likeness (QED) is 0.595. The lowest BCUT2D eigenvalue weighted by Gasteiger charge is -2.50. The minimum absolute atomic E-state index is 0.0334. The van der Waals surface area contributed by atoms with Crippen LogP contribution in [-0.4, -0.2) is 57.3 Å². The van der Waals surface area contributed by atoms with Crippen LogP contribution in [0.15, 0.2) is 6.07 Å². The van der Waals surface area contributed by atoms with Crippen molar-refractivity contribution in [3.63, 3.8) is 0 Å². The fraction of sp³-hybridized carbons (Fsp3) is 0.815. The molecule has 1 aromatic heterocycles. The average molecular weight is 471 g/mol. The molecule has 2 bridgehead atoms. The van der Waals surface area contributed by atoms with Crippen molar-refractivity contribution in [2.75, 3.05) is 19.6 Å². The first-order valence-electron chi connectivity index (χ1n) is 13.7. The van der Waals surface area contributed by atoms with E-state index in [9.17, 15) is 14.7 Å². The number of rotatable bonds is 8. The molecule has 7 nitrogen and oxygen atoms in total. The number of carbonyl (C=O) groups excluding carboxylic acids is 1. The van der Waals surface area contributed by atoms with E-state index in [0.29, 0.717) is 36.8 Å². The van der Waals surface area contributed by atoms with Crippen LogP contribution in [-0.2, 0) is 16.6 Å². The maximum atomic E-state index is 12.8. The van der Waals surface area contributed by atoms with Crippen LogP contribution >= 0.6 is 0 Å². The number of hydrogen-bond donors (Lipinski definition) is 2. The van der Waals surface area contributed by atoms with Gasteiger partial charge in [0, 0.05) is 50.1 Å². The van der Waals surface area contributed by atoms with E-state index in [1.165, 1.54) is 49.9 Å². The number of nitrogens with one attached hydrogen (secondary N) is 1. The summed E-state index contributed by atoms with van der Waals surface area (Å²) < 4.78 is 2.15. The Morgan fingerprint density at radius 2 is 1.88 bits per heavy atom. The van der Waals surface area contributed by atoms with Crippen molar-refractivity contribution >= 4 is 11.9 Å². The van der Waals surface area contributed by atoms with Gasteiger partial charge >= 0.3 is 5.97 Å². The maximum Gasteiger partial charge on any atom is 0.303 e. The van der Waals surface area contributed by atoms with Gasteiger partial charge in [-0.05, 0) is 62.5 Å². The summed E-state index contributed by atoms with van der Waals surface area (Å²) in [6.07, 6.45) is 13.2. The molecule has 34 heavy (non-hydrogen) atoms. The van der Waals surface area contributed by atoms with Crippen molar-refractivity contribution in [2.24, 2.45) is 18.4 Å². The van der Waals surface area contributed by atoms with Crippen molar-refractivity contribution in [2.45, 2.75) is 101 Å². The SMILES string of the molecule is Cn1nc(C2CCCCC2)cc1C1CN2CCC1CC2CNC(=O)CC1(CC(=O)O)CCCC1. The first-order valence-corrected chi connectivity index (χ1v) is 13.7. The number of hydrogen-bond acceptors (Lipinski definition) is 4. The number of aliphatic carboxylic acids is 1. The smallest absolute Gasteiger partial charge is 0.303 e. The van der Waals surface area contributed by atoms with Crippen LogP contribution in [0.3, 0.4) is 0 Å². The van der Waals surface area contributed by atoms with Crippen molar-refractivity contribution in [1.29, 1.82) is 0 Å². The zero-order chi connectivity index (χ0) is 23.7. The van der Waals surface area contributed by atoms with Crippen LogP contribution in [0, 0.1) is 11.3 Å². The van der Waals surface area contributed by atoms with E-state index in [4.69, 9.17) is 5.10 Å². The highest BCUT2D eigenvalue weighted by Crippen LogP contribution is 2.45. The second kappa shape index (κ2) is 10.00. The standard InChI is InChI=1S/C27H42N4O3/c1-30-24(14-23(29-30)19-7-3-2-4-8-19)22-18-31-12-9-20(22)13-21(31)17-28-25(32)15-27(16-26(33)34)10-5-6-11-27/h14,19-22H,2-13,15-18H2,1H3,(H,28,32)(H,33,34). The summed E-state index contributed by atoms with van der Waals surface area (Å²) in [6.45, 7) is 2.85. The Hall–Kier alpha value is -1.89. The lowest BCUT2D eigenvalue weighted by Crippen LogP contribution is -2.56. The first kappa shape index (κ1) is 23.8. The minimum Gasteiger partial charge on any atom is -0.481 e. The van der Waals surface area contributed by atoms with E-state index in [2.05, 4.69) is 28.0 Å². The Kier molecular flexibility index (Phi) is 7.01. The van der Waals surface area contributed by atoms with Gasteiger partial charge in [0.15, 0.2) is 0 Å². The predicted octanol–water partition coefficient (Wildman–Crippen LogP) is 4.19. The molecular formula is C27H42N4O3. The summed E-state index contributed by atoms with van der Waals surface area (Å²) in [7, 11) is 2.12. The Labute approximate surface area is 203 Å². The van der Waals surface area contributed by atoms with Gasteiger partial charge in [-0.25, -0.2) is 0 Å². The van der Waals surface area contributed by atoms with E-state index < -0.39 is 5.97 Å². The van der Waals surface area contributed by atoms with Crippen LogP contribution in [0.2, 0.25) is 0 Å². The molecule has 4 heterocycles. The molecule has 4 unspecified atom stereocenters. The molecule has 3 saturated heterocycles. The van der Waals surface area contributed by atoms with Crippen molar-refractivity contribution in [3.05, 3.63) is 17.5 Å². The number of aromatic nitrogens is 2. The van der Waals surface area contributed by atoms with Gasteiger partial charge in [0.25, 0.3) is 0 Å². The topological polar surface area (TPSA) is 87.5 Å². The first-order chi connectivity index (χ1) is 16.4. The van der Waals surface area contributed by atoms with Gasteiger partial charge in [0.2, 0.25) is 5.91 Å². The van der Waals surface area contributed by atoms with Crippen LogP contribution < -0.4 is 5.32 Å². The fourth-order valence-electron chi connectivity index (χ4n) is 7.63. The Morgan fingerprint density at radius 1 is 1.12 bits per heavy atom. The average Bonchev–Trinajstić information content (AvgIpc) is 3.44. The van der Waals surface area contributed by atoms with Gasteiger partial charge in [-0.1, -0.05) is 32.1 Å². The van der Waals surface area contributed by atoms with E-state index in [0.717, 1.165) is 45.2 Å². The highest BCUT2D eigenvalue weighted by molar-refractivity contribution is 5.78. The summed E-state index contributed by atoms with van der Waals surface area (Å²) in [5, 5.41) is 17.5. The van der Waals surface area contributed by atoms with Gasteiger partial charge in [-0.15, -0.1) is 0 Å². The fourth-order valence-corrected chi connectivity index (χ4v) is 7.63. The third-order valence-electron chi connectivity index (χ3n) is 9.48. The van der Waals surface area contributed by atoms with Crippen LogP contribution in [0.5, 0.6) is 0 Å². The number of amides is 1. The lowest BCUT2D eigenvalue weighted by molar-refractivity contribution is -0.140. The molecule has 2 N–H and O–H groups in total. The molecule has 7 heteroatoms. The summed E-state index contributed by atoms with van der Waals surface area (Å²) in [6, 6.07) is 2.80. The molecule has 4 atom stereocenters. The van der Waals surface area contributed by atoms with Gasteiger partial charge in [0.1, 0.15) is 0 Å². The van der Waals surface area contributed by atoms with E-state index >= 15 is 0 Å². The highest BCUT2D eigenvalue weighted by atomic mass is 16.4. The third-order valence-corrected chi connectivity index (χ3v) is 9.48. The Morgan fingerprint density at radius 3 is 2.56 bits per heavy atom. The largest absolute Gasteiger partial charge is 0.481 e. The molecule has 2 saturated carbocycles. The molecule has 2 aliphatic carbocycles. The number of fused-ring (bicyclic) bond motifs is 3. The van der Waals surface area contributed by atoms with E-state index in [-0.39, 0.29) is 17.7 Å². The predicted molar refractivity (Wildman–Crippen MR) is 131 cm³/mol. The zero-order valence-electron chi connectivity index (χ0n) is 20.8. The molecule has 5 fully saturated rings. The van der Waals surface area contributed by atoms with Crippen molar-refractivity contribution in [3.8, 4) is 0 Å². The monoisotopic (exact) mass is 470 g/mol. The molecule has 3 aliphatic heterocycles. The van der Waals surface area contributed by atoms with Gasteiger partial charge < -0.3 is 10.4 Å². The molecule has 1 aromatic rings. The zero-order valence-corrected chi connectivity index (χ0v) is 20.8. The van der Waals surface area contributed by atoms with E-state index in [1.807, 2.05) is 0 Å². The molecule has 1 amide bonds. The number of aryl methyl sites for hydroxylation is 1. The summed E-state index contributed by atoms with van der Waals surface area (Å²) in [5.41, 5.74) is 2.37. The number of carboxylic acid groups (broad SMARTS) is 1. The molecule has 0 radical (unpaired) electrons. The highest BCUT2D eigenvalue weighted by Gasteiger charge is 2.43. The number of piperidine rings is 3. The Bertz CT molecular complexity index is 884. The summed E-state index contributed by atoms with van der Waals surface area (Å²) in [4.78, 5) is 26.7. The summed E-state index contributed by atoms with van der Waals surface area (Å²) >= 11 is 0. The van der Waals surface area contributed by atoms with E-state index in [1.54, 1.807) is 0 Å². The van der Waals surface area contributed by atoms with Crippen molar-refractivity contribution in [1.82, 2.24) is 20.0 Å². The molecule has 188 valence electrons. The molecule has 6 rings (SSSR count). The lowest BCUT2D eigenvalue weighted by atomic mass is 9.74. The van der Waals surface area contributed by atoms with Gasteiger partial charge in [-0.2, -0.15) is 5.10 Å². The normalized spacial score (nSPS) is 31.0.